The van der Waals surface area contributed by atoms with Gasteiger partial charge in [-0.1, -0.05) is 25.0 Å². The third kappa shape index (κ3) is 8.21. The van der Waals surface area contributed by atoms with Crippen molar-refractivity contribution in [1.29, 1.82) is 0 Å². The van der Waals surface area contributed by atoms with Gasteiger partial charge in [0, 0.05) is 52.4 Å². The summed E-state index contributed by atoms with van der Waals surface area (Å²) in [6.45, 7) is 6.63. The fourth-order valence-electron chi connectivity index (χ4n) is 4.52. The zero-order valence-corrected chi connectivity index (χ0v) is 22.3. The number of benzene rings is 1. The minimum absolute atomic E-state index is 0. The largest absolute Gasteiger partial charge is 0.378 e. The Morgan fingerprint density at radius 1 is 1.19 bits per heavy atom. The van der Waals surface area contributed by atoms with E-state index in [1.807, 2.05) is 18.2 Å². The molecule has 0 spiro atoms. The van der Waals surface area contributed by atoms with Crippen LogP contribution in [0.3, 0.4) is 0 Å². The van der Waals surface area contributed by atoms with E-state index in [4.69, 9.17) is 9.73 Å². The van der Waals surface area contributed by atoms with E-state index in [1.54, 1.807) is 19.0 Å². The van der Waals surface area contributed by atoms with Crippen LogP contribution in [0.4, 0.5) is 0 Å². The Hall–Kier alpha value is -1.35. The summed E-state index contributed by atoms with van der Waals surface area (Å²) in [6, 6.07) is 7.88. The number of likely N-dealkylation sites (tertiary alicyclic amines) is 1. The minimum atomic E-state index is 0. The van der Waals surface area contributed by atoms with Crippen LogP contribution in [-0.2, 0) is 11.2 Å². The smallest absolute Gasteiger partial charge is 0.253 e. The number of guanidine groups is 1. The number of amides is 1. The van der Waals surface area contributed by atoms with Crippen molar-refractivity contribution in [2.24, 2.45) is 10.9 Å². The number of carbonyl (C=O) groups is 1. The molecule has 1 aliphatic carbocycles. The van der Waals surface area contributed by atoms with Crippen LogP contribution in [0.15, 0.2) is 29.3 Å². The van der Waals surface area contributed by atoms with E-state index in [2.05, 4.69) is 23.2 Å². The van der Waals surface area contributed by atoms with Gasteiger partial charge in [-0.15, -0.1) is 24.0 Å². The van der Waals surface area contributed by atoms with Crippen LogP contribution in [0.5, 0.6) is 0 Å². The van der Waals surface area contributed by atoms with Gasteiger partial charge in [0.25, 0.3) is 5.91 Å². The lowest BCUT2D eigenvalue weighted by atomic mass is 10.1. The van der Waals surface area contributed by atoms with Crippen molar-refractivity contribution >= 4 is 35.8 Å². The lowest BCUT2D eigenvalue weighted by Gasteiger charge is -2.34. The summed E-state index contributed by atoms with van der Waals surface area (Å²) in [5, 5.41) is 3.45. The van der Waals surface area contributed by atoms with Crippen molar-refractivity contribution in [2.75, 3.05) is 46.9 Å². The maximum absolute atomic E-state index is 12.2. The van der Waals surface area contributed by atoms with E-state index in [0.29, 0.717) is 12.6 Å². The SMILES string of the molecule is CCNC(=NCCc1cccc(C(=O)N(C)C)c1)N1CCC(OCC2CCCC2)CC1.I. The number of rotatable bonds is 8. The zero-order valence-electron chi connectivity index (χ0n) is 20.0. The molecule has 180 valence electrons. The molecule has 6 nitrogen and oxygen atoms in total. The zero-order chi connectivity index (χ0) is 22.1. The highest BCUT2D eigenvalue weighted by Gasteiger charge is 2.23. The van der Waals surface area contributed by atoms with Crippen molar-refractivity contribution in [2.45, 2.75) is 58.0 Å². The molecule has 7 heteroatoms. The number of nitrogens with zero attached hydrogens (tertiary/aromatic N) is 3. The third-order valence-electron chi connectivity index (χ3n) is 6.36. The Kier molecular flexibility index (Phi) is 11.8. The van der Waals surface area contributed by atoms with Gasteiger partial charge in [0.2, 0.25) is 0 Å². The quantitative estimate of drug-likeness (QED) is 0.297. The van der Waals surface area contributed by atoms with Gasteiger partial charge < -0.3 is 19.9 Å². The predicted octanol–water partition coefficient (Wildman–Crippen LogP) is 4.19. The first-order chi connectivity index (χ1) is 15.1. The highest BCUT2D eigenvalue weighted by atomic mass is 127. The third-order valence-corrected chi connectivity index (χ3v) is 6.36. The molecule has 1 N–H and O–H groups in total. The molecule has 1 aliphatic heterocycles. The summed E-state index contributed by atoms with van der Waals surface area (Å²) < 4.78 is 6.22. The van der Waals surface area contributed by atoms with Crippen LogP contribution in [0.25, 0.3) is 0 Å². The summed E-state index contributed by atoms with van der Waals surface area (Å²) >= 11 is 0. The number of hydrogen-bond acceptors (Lipinski definition) is 3. The molecular formula is C25H41IN4O2. The van der Waals surface area contributed by atoms with E-state index in [9.17, 15) is 4.79 Å². The van der Waals surface area contributed by atoms with Gasteiger partial charge >= 0.3 is 0 Å². The standard InChI is InChI=1S/C25H40N4O2.HI/c1-4-26-25(27-15-12-20-10-7-11-22(18-20)24(30)28(2)3)29-16-13-23(14-17-29)31-19-21-8-5-6-9-21;/h7,10-11,18,21,23H,4-6,8-9,12-17,19H2,1-3H3,(H,26,27);1H. The van der Waals surface area contributed by atoms with Crippen LogP contribution in [0, 0.1) is 5.92 Å². The van der Waals surface area contributed by atoms with Crippen molar-refractivity contribution in [3.63, 3.8) is 0 Å². The number of nitrogens with one attached hydrogen (secondary N) is 1. The number of carbonyl (C=O) groups excluding carboxylic acids is 1. The molecule has 1 amide bonds. The van der Waals surface area contributed by atoms with Crippen molar-refractivity contribution in [1.82, 2.24) is 15.1 Å². The minimum Gasteiger partial charge on any atom is -0.378 e. The summed E-state index contributed by atoms with van der Waals surface area (Å²) in [7, 11) is 3.57. The van der Waals surface area contributed by atoms with E-state index >= 15 is 0 Å². The molecular weight excluding hydrogens is 515 g/mol. The second-order valence-electron chi connectivity index (χ2n) is 9.06. The van der Waals surface area contributed by atoms with E-state index < -0.39 is 0 Å². The van der Waals surface area contributed by atoms with Gasteiger partial charge in [-0.25, -0.2) is 0 Å². The van der Waals surface area contributed by atoms with Crippen LogP contribution in [0.2, 0.25) is 0 Å². The molecule has 0 aromatic heterocycles. The molecule has 0 bridgehead atoms. The first-order valence-corrected chi connectivity index (χ1v) is 12.0. The van der Waals surface area contributed by atoms with Crippen LogP contribution in [-0.4, -0.2) is 74.7 Å². The predicted molar refractivity (Wildman–Crippen MR) is 142 cm³/mol. The number of halogens is 1. The monoisotopic (exact) mass is 556 g/mol. The maximum Gasteiger partial charge on any atom is 0.253 e. The fraction of sp³-hybridized carbons (Fsp3) is 0.680. The Bertz CT molecular complexity index is 726. The average Bonchev–Trinajstić information content (AvgIpc) is 3.31. The van der Waals surface area contributed by atoms with Crippen LogP contribution >= 0.6 is 24.0 Å². The first-order valence-electron chi connectivity index (χ1n) is 12.0. The highest BCUT2D eigenvalue weighted by molar-refractivity contribution is 14.0. The van der Waals surface area contributed by atoms with Gasteiger partial charge in [-0.05, 0) is 62.6 Å². The van der Waals surface area contributed by atoms with Crippen LogP contribution < -0.4 is 5.32 Å². The molecule has 1 heterocycles. The number of piperidine rings is 1. The average molecular weight is 557 g/mol. The fourth-order valence-corrected chi connectivity index (χ4v) is 4.52. The molecule has 0 radical (unpaired) electrons. The molecule has 1 saturated carbocycles. The topological polar surface area (TPSA) is 57.2 Å². The van der Waals surface area contributed by atoms with Crippen molar-refractivity contribution in [3.8, 4) is 0 Å². The first kappa shape index (κ1) is 26.9. The van der Waals surface area contributed by atoms with Gasteiger partial charge in [0.15, 0.2) is 5.96 Å². The summed E-state index contributed by atoms with van der Waals surface area (Å²) in [4.78, 5) is 21.0. The molecule has 3 rings (SSSR count). The van der Waals surface area contributed by atoms with E-state index in [1.165, 1.54) is 25.7 Å². The Labute approximate surface area is 211 Å². The Balaban J connectivity index is 0.00000363. The van der Waals surface area contributed by atoms with Crippen molar-refractivity contribution in [3.05, 3.63) is 35.4 Å². The molecule has 0 unspecified atom stereocenters. The lowest BCUT2D eigenvalue weighted by molar-refractivity contribution is 0.00102. The molecule has 2 aliphatic rings. The number of ether oxygens (including phenoxy) is 1. The highest BCUT2D eigenvalue weighted by Crippen LogP contribution is 2.26. The van der Waals surface area contributed by atoms with E-state index in [0.717, 1.165) is 68.5 Å². The van der Waals surface area contributed by atoms with Gasteiger partial charge in [0.1, 0.15) is 0 Å². The molecule has 32 heavy (non-hydrogen) atoms. The normalized spacial score (nSPS) is 17.8. The molecule has 2 fully saturated rings. The second-order valence-corrected chi connectivity index (χ2v) is 9.06. The van der Waals surface area contributed by atoms with Gasteiger partial charge in [-0.3, -0.25) is 9.79 Å². The second kappa shape index (κ2) is 14.0. The number of aliphatic imine (C=N–C) groups is 1. The maximum atomic E-state index is 12.2. The molecule has 1 saturated heterocycles. The lowest BCUT2D eigenvalue weighted by Crippen LogP contribution is -2.47. The van der Waals surface area contributed by atoms with Crippen LogP contribution in [0.1, 0.15) is 61.4 Å². The number of hydrogen-bond donors (Lipinski definition) is 1. The molecule has 1 aromatic carbocycles. The van der Waals surface area contributed by atoms with Gasteiger partial charge in [0.05, 0.1) is 6.10 Å². The van der Waals surface area contributed by atoms with Crippen molar-refractivity contribution < 1.29 is 9.53 Å². The van der Waals surface area contributed by atoms with Gasteiger partial charge in [-0.2, -0.15) is 0 Å². The van der Waals surface area contributed by atoms with E-state index in [-0.39, 0.29) is 29.9 Å². The Morgan fingerprint density at radius 3 is 2.56 bits per heavy atom. The molecule has 0 atom stereocenters. The molecule has 1 aromatic rings. The summed E-state index contributed by atoms with van der Waals surface area (Å²) in [5.41, 5.74) is 1.88. The summed E-state index contributed by atoms with van der Waals surface area (Å²) in [5.74, 6) is 1.83. The Morgan fingerprint density at radius 2 is 1.91 bits per heavy atom. The summed E-state index contributed by atoms with van der Waals surface area (Å²) in [6.07, 6.45) is 8.83.